The maximum atomic E-state index is 13.7. The highest BCUT2D eigenvalue weighted by atomic mass is 79.9. The number of rotatable bonds is 6. The van der Waals surface area contributed by atoms with Crippen LogP contribution in [0.5, 0.6) is 0 Å². The van der Waals surface area contributed by atoms with E-state index in [1.54, 1.807) is 6.07 Å². The van der Waals surface area contributed by atoms with Crippen LogP contribution in [0.3, 0.4) is 0 Å². The Balaban J connectivity index is 2.28. The van der Waals surface area contributed by atoms with Gasteiger partial charge in [0.2, 0.25) is 0 Å². The van der Waals surface area contributed by atoms with E-state index in [1.165, 1.54) is 6.07 Å². The van der Waals surface area contributed by atoms with Crippen molar-refractivity contribution in [1.82, 2.24) is 5.32 Å². The van der Waals surface area contributed by atoms with Crippen LogP contribution in [-0.2, 0) is 6.42 Å². The molecule has 2 nitrogen and oxygen atoms in total. The third kappa shape index (κ3) is 3.95. The van der Waals surface area contributed by atoms with E-state index in [2.05, 4.69) is 34.2 Å². The van der Waals surface area contributed by atoms with Gasteiger partial charge >= 0.3 is 0 Å². The molecule has 0 aliphatic carbocycles. The van der Waals surface area contributed by atoms with Gasteiger partial charge in [-0.15, -0.1) is 0 Å². The molecule has 1 N–H and O–H groups in total. The second-order valence-corrected chi connectivity index (χ2v) is 6.09. The van der Waals surface area contributed by atoms with Crippen LogP contribution in [0, 0.1) is 19.7 Å². The number of aryl methyl sites for hydroxylation is 2. The summed E-state index contributed by atoms with van der Waals surface area (Å²) in [4.78, 5) is 0. The number of benzene rings is 1. The maximum Gasteiger partial charge on any atom is 0.137 e. The van der Waals surface area contributed by atoms with Gasteiger partial charge in [-0.2, -0.15) is 0 Å². The van der Waals surface area contributed by atoms with Crippen molar-refractivity contribution in [2.45, 2.75) is 39.7 Å². The molecule has 1 unspecified atom stereocenters. The molecule has 114 valence electrons. The fourth-order valence-electron chi connectivity index (χ4n) is 2.53. The minimum Gasteiger partial charge on any atom is -0.466 e. The Hall–Kier alpha value is -1.13. The highest BCUT2D eigenvalue weighted by Gasteiger charge is 2.19. The topological polar surface area (TPSA) is 25.2 Å². The lowest BCUT2D eigenvalue weighted by Crippen LogP contribution is -2.24. The van der Waals surface area contributed by atoms with Gasteiger partial charge in [-0.3, -0.25) is 0 Å². The van der Waals surface area contributed by atoms with Gasteiger partial charge in [0, 0.05) is 11.6 Å². The minimum atomic E-state index is -0.221. The van der Waals surface area contributed by atoms with Gasteiger partial charge in [0.15, 0.2) is 0 Å². The molecule has 0 aliphatic rings. The van der Waals surface area contributed by atoms with E-state index in [4.69, 9.17) is 4.42 Å². The summed E-state index contributed by atoms with van der Waals surface area (Å²) in [5, 5.41) is 3.53. The van der Waals surface area contributed by atoms with Gasteiger partial charge in [-0.1, -0.05) is 19.1 Å². The first-order chi connectivity index (χ1) is 10.0. The monoisotopic (exact) mass is 353 g/mol. The third-order valence-electron chi connectivity index (χ3n) is 3.55. The average Bonchev–Trinajstić information content (AvgIpc) is 2.78. The first-order valence-electron chi connectivity index (χ1n) is 7.26. The zero-order valence-electron chi connectivity index (χ0n) is 12.7. The van der Waals surface area contributed by atoms with Crippen molar-refractivity contribution >= 4 is 15.9 Å². The Morgan fingerprint density at radius 2 is 2.10 bits per heavy atom. The van der Waals surface area contributed by atoms with Crippen LogP contribution in [0.25, 0.3) is 0 Å². The Labute approximate surface area is 133 Å². The van der Waals surface area contributed by atoms with E-state index in [9.17, 15) is 4.39 Å². The number of hydrogen-bond donors (Lipinski definition) is 1. The van der Waals surface area contributed by atoms with Crippen LogP contribution in [0.2, 0.25) is 0 Å². The minimum absolute atomic E-state index is 0.125. The molecule has 0 fully saturated rings. The van der Waals surface area contributed by atoms with Crippen LogP contribution in [0.1, 0.15) is 42.0 Å². The predicted molar refractivity (Wildman–Crippen MR) is 87.0 cm³/mol. The van der Waals surface area contributed by atoms with E-state index >= 15 is 0 Å². The lowest BCUT2D eigenvalue weighted by Gasteiger charge is -2.19. The number of halogens is 2. The quantitative estimate of drug-likeness (QED) is 0.782. The van der Waals surface area contributed by atoms with Crippen molar-refractivity contribution in [2.75, 3.05) is 6.54 Å². The fourth-order valence-corrected chi connectivity index (χ4v) is 2.96. The molecule has 0 saturated heterocycles. The summed E-state index contributed by atoms with van der Waals surface area (Å²) in [6, 6.07) is 7.36. The molecule has 1 aromatic heterocycles. The predicted octanol–water partition coefficient (Wildman–Crippen LogP) is 5.08. The molecule has 1 atom stereocenters. The SMILES string of the molecule is CCCNC(Cc1cccc(F)c1Br)c1cc(C)oc1C. The fraction of sp³-hybridized carbons (Fsp3) is 0.412. The van der Waals surface area contributed by atoms with Crippen LogP contribution >= 0.6 is 15.9 Å². The summed E-state index contributed by atoms with van der Waals surface area (Å²) in [7, 11) is 0. The van der Waals surface area contributed by atoms with E-state index < -0.39 is 0 Å². The first kappa shape index (κ1) is 16.2. The summed E-state index contributed by atoms with van der Waals surface area (Å²) >= 11 is 3.35. The van der Waals surface area contributed by atoms with Crippen LogP contribution in [0.15, 0.2) is 33.2 Å². The number of hydrogen-bond acceptors (Lipinski definition) is 2. The summed E-state index contributed by atoms with van der Waals surface area (Å²) in [5.74, 6) is 1.61. The van der Waals surface area contributed by atoms with Gasteiger partial charge in [-0.25, -0.2) is 4.39 Å². The molecule has 0 spiro atoms. The van der Waals surface area contributed by atoms with Gasteiger partial charge < -0.3 is 9.73 Å². The second-order valence-electron chi connectivity index (χ2n) is 5.29. The highest BCUT2D eigenvalue weighted by Crippen LogP contribution is 2.29. The molecule has 0 aliphatic heterocycles. The molecule has 0 radical (unpaired) electrons. The summed E-state index contributed by atoms with van der Waals surface area (Å²) in [6.45, 7) is 6.98. The largest absolute Gasteiger partial charge is 0.466 e. The average molecular weight is 354 g/mol. The van der Waals surface area contributed by atoms with Crippen LogP contribution in [-0.4, -0.2) is 6.54 Å². The van der Waals surface area contributed by atoms with E-state index in [0.717, 1.165) is 42.0 Å². The van der Waals surface area contributed by atoms with Crippen molar-refractivity contribution in [3.8, 4) is 0 Å². The Bertz CT molecular complexity index is 609. The van der Waals surface area contributed by atoms with Crippen molar-refractivity contribution in [1.29, 1.82) is 0 Å². The van der Waals surface area contributed by atoms with Crippen molar-refractivity contribution in [2.24, 2.45) is 0 Å². The lowest BCUT2D eigenvalue weighted by molar-refractivity contribution is 0.479. The number of nitrogens with one attached hydrogen (secondary N) is 1. The Morgan fingerprint density at radius 1 is 1.33 bits per heavy atom. The third-order valence-corrected chi connectivity index (χ3v) is 4.44. The van der Waals surface area contributed by atoms with Crippen LogP contribution in [0.4, 0.5) is 4.39 Å². The van der Waals surface area contributed by atoms with Gasteiger partial charge in [0.1, 0.15) is 17.3 Å². The molecule has 21 heavy (non-hydrogen) atoms. The van der Waals surface area contributed by atoms with E-state index in [0.29, 0.717) is 4.47 Å². The maximum absolute atomic E-state index is 13.7. The first-order valence-corrected chi connectivity index (χ1v) is 8.05. The standard InChI is InChI=1S/C17H21BrFNO/c1-4-8-20-16(14-9-11(2)21-12(14)3)10-13-6-5-7-15(19)17(13)18/h5-7,9,16,20H,4,8,10H2,1-3H3. The zero-order valence-corrected chi connectivity index (χ0v) is 14.3. The molecule has 0 bridgehead atoms. The van der Waals surface area contributed by atoms with Crippen molar-refractivity contribution in [3.63, 3.8) is 0 Å². The zero-order chi connectivity index (χ0) is 15.4. The molecule has 1 aromatic carbocycles. The smallest absolute Gasteiger partial charge is 0.137 e. The van der Waals surface area contributed by atoms with Crippen molar-refractivity contribution in [3.05, 3.63) is 57.2 Å². The molecular weight excluding hydrogens is 333 g/mol. The molecule has 4 heteroatoms. The van der Waals surface area contributed by atoms with E-state index in [-0.39, 0.29) is 11.9 Å². The lowest BCUT2D eigenvalue weighted by atomic mass is 9.98. The molecular formula is C17H21BrFNO. The van der Waals surface area contributed by atoms with Gasteiger partial charge in [0.25, 0.3) is 0 Å². The molecule has 0 saturated carbocycles. The Morgan fingerprint density at radius 3 is 2.71 bits per heavy atom. The van der Waals surface area contributed by atoms with Gasteiger partial charge in [0.05, 0.1) is 4.47 Å². The molecule has 2 rings (SSSR count). The normalized spacial score (nSPS) is 12.6. The Kier molecular flexibility index (Phi) is 5.59. The summed E-state index contributed by atoms with van der Waals surface area (Å²) in [5.41, 5.74) is 2.11. The van der Waals surface area contributed by atoms with Crippen LogP contribution < -0.4 is 5.32 Å². The molecule has 1 heterocycles. The van der Waals surface area contributed by atoms with Gasteiger partial charge in [-0.05, 0) is 66.9 Å². The highest BCUT2D eigenvalue weighted by molar-refractivity contribution is 9.10. The summed E-state index contributed by atoms with van der Waals surface area (Å²) < 4.78 is 19.9. The van der Waals surface area contributed by atoms with Crippen molar-refractivity contribution < 1.29 is 8.81 Å². The molecule has 0 amide bonds. The van der Waals surface area contributed by atoms with E-state index in [1.807, 2.05) is 19.9 Å². The molecule has 2 aromatic rings. The second kappa shape index (κ2) is 7.23. The summed E-state index contributed by atoms with van der Waals surface area (Å²) in [6.07, 6.45) is 1.77. The number of furan rings is 1.